The topological polar surface area (TPSA) is 127 Å². The van der Waals surface area contributed by atoms with Crippen LogP contribution in [-0.4, -0.2) is 36.1 Å². The Morgan fingerprint density at radius 3 is 2.28 bits per heavy atom. The molecule has 5 aromatic rings. The van der Waals surface area contributed by atoms with E-state index in [0.717, 1.165) is 46.6 Å². The van der Waals surface area contributed by atoms with E-state index in [-0.39, 0.29) is 11.6 Å². The lowest BCUT2D eigenvalue weighted by molar-refractivity contribution is -0.115. The number of carbonyl (C=O) groups excluding carboxylic acids is 4. The summed E-state index contributed by atoms with van der Waals surface area (Å²) in [6.45, 7) is 1.80. The summed E-state index contributed by atoms with van der Waals surface area (Å²) in [6.07, 6.45) is 5.24. The van der Waals surface area contributed by atoms with E-state index >= 15 is 0 Å². The van der Waals surface area contributed by atoms with Crippen molar-refractivity contribution >= 4 is 63.6 Å². The number of esters is 1. The fourth-order valence-electron chi connectivity index (χ4n) is 5.53. The molecule has 0 unspecified atom stereocenters. The van der Waals surface area contributed by atoms with Gasteiger partial charge < -0.3 is 25.1 Å². The maximum atomic E-state index is 13.5. The van der Waals surface area contributed by atoms with E-state index in [2.05, 4.69) is 16.0 Å². The molecule has 3 N–H and O–H groups in total. The lowest BCUT2D eigenvalue weighted by Gasteiger charge is -2.14. The maximum Gasteiger partial charge on any atom is 0.341 e. The summed E-state index contributed by atoms with van der Waals surface area (Å²) in [7, 11) is 1.35. The van der Waals surface area contributed by atoms with Crippen LogP contribution in [0.25, 0.3) is 17.4 Å². The lowest BCUT2D eigenvalue weighted by Crippen LogP contribution is -2.30. The normalized spacial score (nSPS) is 13.1. The molecule has 2 heterocycles. The van der Waals surface area contributed by atoms with Gasteiger partial charge in [0.2, 0.25) is 5.91 Å². The van der Waals surface area contributed by atoms with Crippen molar-refractivity contribution in [2.24, 2.45) is 0 Å². The van der Waals surface area contributed by atoms with Gasteiger partial charge in [-0.2, -0.15) is 0 Å². The van der Waals surface area contributed by atoms with E-state index in [4.69, 9.17) is 9.15 Å². The van der Waals surface area contributed by atoms with Crippen LogP contribution in [0.1, 0.15) is 56.7 Å². The Kier molecular flexibility index (Phi) is 10.9. The second-order valence-corrected chi connectivity index (χ2v) is 14.1. The van der Waals surface area contributed by atoms with Crippen LogP contribution in [-0.2, 0) is 27.2 Å². The second-order valence-electron chi connectivity index (χ2n) is 11.6. The van der Waals surface area contributed by atoms with Gasteiger partial charge in [0, 0.05) is 32.7 Å². The first-order valence-electron chi connectivity index (χ1n) is 16.1. The van der Waals surface area contributed by atoms with Gasteiger partial charge in [0.25, 0.3) is 11.8 Å². The fourth-order valence-corrected chi connectivity index (χ4v) is 7.68. The molecule has 0 radical (unpaired) electrons. The quantitative estimate of drug-likeness (QED) is 0.0719. The van der Waals surface area contributed by atoms with Crippen LogP contribution in [0.2, 0.25) is 0 Å². The van der Waals surface area contributed by atoms with Gasteiger partial charge in [-0.3, -0.25) is 14.4 Å². The molecule has 1 atom stereocenters. The Bertz CT molecular complexity index is 2030. The standard InChI is InChI=1S/C39H35N3O6S2/c1-24(35(43)42-38-34(39(46)47-2)30-15-9-10-16-33(30)50-38)49-29-20-17-27(18-21-29)40-37(45)31(41-36(44)26-13-7-4-8-14-26)23-28-19-22-32(48-28)25-11-5-3-6-12-25/h3-8,11-14,17-24H,9-10,15-16H2,1-2H3,(H,40,45)(H,41,44)(H,42,43)/b31-23-/t24-/m1/s1. The molecule has 11 heteroatoms. The van der Waals surface area contributed by atoms with Crippen molar-refractivity contribution in [1.82, 2.24) is 5.32 Å². The number of aryl methyl sites for hydroxylation is 1. The lowest BCUT2D eigenvalue weighted by atomic mass is 9.95. The summed E-state index contributed by atoms with van der Waals surface area (Å²) < 4.78 is 11.0. The number of hydrogen-bond acceptors (Lipinski definition) is 8. The van der Waals surface area contributed by atoms with Gasteiger partial charge >= 0.3 is 5.97 Å². The molecule has 0 saturated carbocycles. The summed E-state index contributed by atoms with van der Waals surface area (Å²) in [5, 5.41) is 8.59. The number of carbonyl (C=O) groups is 4. The molecule has 0 aliphatic heterocycles. The van der Waals surface area contributed by atoms with Crippen LogP contribution in [0, 0.1) is 0 Å². The largest absolute Gasteiger partial charge is 0.465 e. The molecule has 0 bridgehead atoms. The minimum atomic E-state index is -0.542. The summed E-state index contributed by atoms with van der Waals surface area (Å²) >= 11 is 2.80. The Morgan fingerprint density at radius 1 is 0.860 bits per heavy atom. The van der Waals surface area contributed by atoms with Crippen LogP contribution >= 0.6 is 23.1 Å². The van der Waals surface area contributed by atoms with Crippen molar-refractivity contribution in [1.29, 1.82) is 0 Å². The first-order chi connectivity index (χ1) is 24.3. The van der Waals surface area contributed by atoms with Crippen molar-refractivity contribution in [3.05, 3.63) is 130 Å². The van der Waals surface area contributed by atoms with Crippen LogP contribution < -0.4 is 16.0 Å². The van der Waals surface area contributed by atoms with Gasteiger partial charge in [0.1, 0.15) is 22.2 Å². The predicted molar refractivity (Wildman–Crippen MR) is 197 cm³/mol. The summed E-state index contributed by atoms with van der Waals surface area (Å²) in [5.41, 5.74) is 3.23. The number of furan rings is 1. The number of hydrogen-bond donors (Lipinski definition) is 3. The smallest absolute Gasteiger partial charge is 0.341 e. The highest BCUT2D eigenvalue weighted by molar-refractivity contribution is 8.00. The zero-order valence-corrected chi connectivity index (χ0v) is 29.1. The molecule has 50 heavy (non-hydrogen) atoms. The zero-order valence-electron chi connectivity index (χ0n) is 27.5. The van der Waals surface area contributed by atoms with Gasteiger partial charge in [0.05, 0.1) is 17.9 Å². The molecule has 3 amide bonds. The van der Waals surface area contributed by atoms with Crippen molar-refractivity contribution in [3.63, 3.8) is 0 Å². The summed E-state index contributed by atoms with van der Waals surface area (Å²) in [4.78, 5) is 54.3. The number of thiophene rings is 1. The minimum absolute atomic E-state index is 0.00172. The molecule has 0 saturated heterocycles. The Labute approximate surface area is 298 Å². The number of fused-ring (bicyclic) bond motifs is 1. The highest BCUT2D eigenvalue weighted by Crippen LogP contribution is 2.39. The average molecular weight is 706 g/mol. The summed E-state index contributed by atoms with van der Waals surface area (Å²) in [5.74, 6) is -0.629. The maximum absolute atomic E-state index is 13.5. The number of benzene rings is 3. The van der Waals surface area contributed by atoms with Crippen molar-refractivity contribution in [2.45, 2.75) is 42.8 Å². The number of thioether (sulfide) groups is 1. The van der Waals surface area contributed by atoms with Crippen molar-refractivity contribution in [2.75, 3.05) is 17.7 Å². The Hall–Kier alpha value is -5.39. The highest BCUT2D eigenvalue weighted by Gasteiger charge is 2.28. The number of rotatable bonds is 11. The number of anilines is 2. The van der Waals surface area contributed by atoms with E-state index in [0.29, 0.717) is 33.3 Å². The molecular formula is C39H35N3O6S2. The van der Waals surface area contributed by atoms with E-state index < -0.39 is 23.0 Å². The zero-order chi connectivity index (χ0) is 35.0. The average Bonchev–Trinajstić information content (AvgIpc) is 3.77. The summed E-state index contributed by atoms with van der Waals surface area (Å²) in [6, 6.07) is 28.8. The fraction of sp³-hybridized carbons (Fsp3) is 0.179. The first kappa shape index (κ1) is 34.5. The highest BCUT2D eigenvalue weighted by atomic mass is 32.2. The number of amides is 3. The number of ether oxygens (including phenoxy) is 1. The van der Waals surface area contributed by atoms with E-state index in [9.17, 15) is 19.2 Å². The Balaban J connectivity index is 1.13. The van der Waals surface area contributed by atoms with Crippen LogP contribution in [0.3, 0.4) is 0 Å². The van der Waals surface area contributed by atoms with Crippen molar-refractivity contribution < 1.29 is 28.3 Å². The molecule has 9 nitrogen and oxygen atoms in total. The second kappa shape index (κ2) is 15.9. The van der Waals surface area contributed by atoms with E-state index in [1.54, 1.807) is 73.7 Å². The van der Waals surface area contributed by atoms with E-state index in [1.807, 2.05) is 30.3 Å². The Morgan fingerprint density at radius 2 is 1.56 bits per heavy atom. The molecule has 3 aromatic carbocycles. The monoisotopic (exact) mass is 705 g/mol. The van der Waals surface area contributed by atoms with Gasteiger partial charge in [-0.25, -0.2) is 4.79 Å². The molecule has 0 spiro atoms. The van der Waals surface area contributed by atoms with Crippen molar-refractivity contribution in [3.8, 4) is 11.3 Å². The third-order valence-electron chi connectivity index (χ3n) is 8.09. The van der Waals surface area contributed by atoms with Gasteiger partial charge in [-0.15, -0.1) is 23.1 Å². The molecule has 6 rings (SSSR count). The first-order valence-corrected chi connectivity index (χ1v) is 17.8. The molecule has 2 aromatic heterocycles. The molecule has 254 valence electrons. The minimum Gasteiger partial charge on any atom is -0.465 e. The van der Waals surface area contributed by atoms with Gasteiger partial charge in [-0.05, 0) is 86.7 Å². The van der Waals surface area contributed by atoms with Crippen LogP contribution in [0.5, 0.6) is 0 Å². The SMILES string of the molecule is COC(=O)c1c(NC(=O)[C@@H](C)Sc2ccc(NC(=O)/C(=C/c3ccc(-c4ccccc4)o3)NC(=O)c3ccccc3)cc2)sc2c1CCCC2. The molecular weight excluding hydrogens is 671 g/mol. The van der Waals surface area contributed by atoms with E-state index in [1.165, 1.54) is 36.3 Å². The van der Waals surface area contributed by atoms with Crippen LogP contribution in [0.15, 0.2) is 112 Å². The van der Waals surface area contributed by atoms with Gasteiger partial charge in [0.15, 0.2) is 0 Å². The third-order valence-corrected chi connectivity index (χ3v) is 10.4. The molecule has 0 fully saturated rings. The van der Waals surface area contributed by atoms with Gasteiger partial charge in [-0.1, -0.05) is 48.5 Å². The molecule has 1 aliphatic rings. The number of nitrogens with one attached hydrogen (secondary N) is 3. The predicted octanol–water partition coefficient (Wildman–Crippen LogP) is 8.20. The molecule has 1 aliphatic carbocycles. The van der Waals surface area contributed by atoms with Crippen LogP contribution in [0.4, 0.5) is 10.7 Å². The number of methoxy groups -OCH3 is 1. The third kappa shape index (κ3) is 8.24.